The zero-order valence-corrected chi connectivity index (χ0v) is 12.2. The summed E-state index contributed by atoms with van der Waals surface area (Å²) in [5.41, 5.74) is 6.38. The Morgan fingerprint density at radius 3 is 2.63 bits per heavy atom. The number of hydrogen-bond donors (Lipinski definition) is 1. The molecule has 1 aromatic rings. The number of carbonyl (C=O) groups is 1. The van der Waals surface area contributed by atoms with Gasteiger partial charge >= 0.3 is 0 Å². The van der Waals surface area contributed by atoms with E-state index in [-0.39, 0.29) is 12.0 Å². The zero-order valence-electron chi connectivity index (χ0n) is 10.7. The maximum absolute atomic E-state index is 12.3. The number of amides is 1. The smallest absolute Gasteiger partial charge is 0.253 e. The molecule has 1 heterocycles. The van der Waals surface area contributed by atoms with Gasteiger partial charge in [-0.15, -0.1) is 0 Å². The van der Waals surface area contributed by atoms with Crippen LogP contribution >= 0.6 is 23.2 Å². The first-order chi connectivity index (χ1) is 8.99. The number of benzene rings is 1. The summed E-state index contributed by atoms with van der Waals surface area (Å²) < 4.78 is 5.51. The normalized spacial score (nSPS) is 18.6. The van der Waals surface area contributed by atoms with Crippen molar-refractivity contribution in [2.45, 2.75) is 18.9 Å². The summed E-state index contributed by atoms with van der Waals surface area (Å²) >= 11 is 11.9. The minimum atomic E-state index is -0.140. The van der Waals surface area contributed by atoms with Gasteiger partial charge in [-0.2, -0.15) is 0 Å². The number of ether oxygens (including phenoxy) is 1. The molecule has 104 valence electrons. The van der Waals surface area contributed by atoms with Crippen molar-refractivity contribution < 1.29 is 9.53 Å². The second-order valence-corrected chi connectivity index (χ2v) is 5.49. The summed E-state index contributed by atoms with van der Waals surface area (Å²) in [4.78, 5) is 13.9. The van der Waals surface area contributed by atoms with Crippen molar-refractivity contribution in [3.8, 4) is 0 Å². The Morgan fingerprint density at radius 2 is 2.11 bits per heavy atom. The number of rotatable bonds is 3. The Bertz CT molecular complexity index is 465. The molecule has 1 aliphatic heterocycles. The van der Waals surface area contributed by atoms with Gasteiger partial charge in [-0.05, 0) is 25.0 Å². The molecule has 0 bridgehead atoms. The van der Waals surface area contributed by atoms with E-state index in [0.717, 1.165) is 19.4 Å². The average molecular weight is 303 g/mol. The first-order valence-electron chi connectivity index (χ1n) is 6.10. The lowest BCUT2D eigenvalue weighted by Gasteiger charge is -2.21. The number of nitrogens with two attached hydrogens (primary N) is 1. The summed E-state index contributed by atoms with van der Waals surface area (Å²) in [6.07, 6.45) is 2.15. The molecule has 1 aromatic carbocycles. The third kappa shape index (κ3) is 3.32. The number of nitrogen functional groups attached to an aromatic ring is 1. The van der Waals surface area contributed by atoms with Crippen LogP contribution in [0.2, 0.25) is 10.0 Å². The van der Waals surface area contributed by atoms with Crippen LogP contribution in [0.5, 0.6) is 0 Å². The monoisotopic (exact) mass is 302 g/mol. The number of carbonyl (C=O) groups excluding carboxylic acids is 1. The molecular weight excluding hydrogens is 287 g/mol. The van der Waals surface area contributed by atoms with Crippen LogP contribution in [0.15, 0.2) is 12.1 Å². The predicted octanol–water partition coefficient (Wildman–Crippen LogP) is 2.83. The van der Waals surface area contributed by atoms with E-state index in [2.05, 4.69) is 0 Å². The second kappa shape index (κ2) is 5.99. The third-order valence-corrected chi connectivity index (χ3v) is 3.80. The number of nitrogens with zero attached hydrogens (tertiary/aromatic N) is 1. The summed E-state index contributed by atoms with van der Waals surface area (Å²) in [5, 5.41) is 0.586. The van der Waals surface area contributed by atoms with Crippen LogP contribution in [-0.4, -0.2) is 37.1 Å². The molecule has 1 unspecified atom stereocenters. The van der Waals surface area contributed by atoms with Gasteiger partial charge in [-0.1, -0.05) is 23.2 Å². The molecule has 0 aromatic heterocycles. The minimum Gasteiger partial charge on any atom is -0.396 e. The molecule has 0 aliphatic carbocycles. The largest absolute Gasteiger partial charge is 0.396 e. The fourth-order valence-corrected chi connectivity index (χ4v) is 2.59. The predicted molar refractivity (Wildman–Crippen MR) is 76.8 cm³/mol. The molecule has 1 saturated heterocycles. The van der Waals surface area contributed by atoms with Crippen molar-refractivity contribution in [1.82, 2.24) is 4.90 Å². The zero-order chi connectivity index (χ0) is 14.0. The molecule has 6 heteroatoms. The summed E-state index contributed by atoms with van der Waals surface area (Å²) in [6, 6.07) is 3.08. The molecule has 1 aliphatic rings. The lowest BCUT2D eigenvalue weighted by molar-refractivity contribution is 0.0587. The van der Waals surface area contributed by atoms with E-state index in [1.165, 1.54) is 12.1 Å². The van der Waals surface area contributed by atoms with Gasteiger partial charge in [0.1, 0.15) is 0 Å². The van der Waals surface area contributed by atoms with Crippen molar-refractivity contribution in [2.75, 3.05) is 25.9 Å². The average Bonchev–Trinajstić information content (AvgIpc) is 2.87. The first kappa shape index (κ1) is 14.4. The highest BCUT2D eigenvalue weighted by molar-refractivity contribution is 6.39. The summed E-state index contributed by atoms with van der Waals surface area (Å²) in [5.74, 6) is -0.140. The Kier molecular flexibility index (Phi) is 4.55. The van der Waals surface area contributed by atoms with Crippen molar-refractivity contribution in [3.05, 3.63) is 27.7 Å². The van der Waals surface area contributed by atoms with Crippen LogP contribution in [0.25, 0.3) is 0 Å². The molecule has 0 radical (unpaired) electrons. The SMILES string of the molecule is CN(CC1CCCO1)C(=O)c1cc(Cl)c(N)c(Cl)c1. The topological polar surface area (TPSA) is 55.6 Å². The van der Waals surface area contributed by atoms with Crippen molar-refractivity contribution in [2.24, 2.45) is 0 Å². The molecule has 0 spiro atoms. The fraction of sp³-hybridized carbons (Fsp3) is 0.462. The Labute approximate surface area is 122 Å². The molecule has 1 fully saturated rings. The van der Waals surface area contributed by atoms with E-state index in [1.807, 2.05) is 0 Å². The van der Waals surface area contributed by atoms with E-state index < -0.39 is 0 Å². The maximum Gasteiger partial charge on any atom is 0.253 e. The molecule has 19 heavy (non-hydrogen) atoms. The molecule has 1 atom stereocenters. The van der Waals surface area contributed by atoms with Crippen LogP contribution < -0.4 is 5.73 Å². The lowest BCUT2D eigenvalue weighted by Crippen LogP contribution is -2.34. The second-order valence-electron chi connectivity index (χ2n) is 4.67. The van der Waals surface area contributed by atoms with Crippen molar-refractivity contribution in [3.63, 3.8) is 0 Å². The number of anilines is 1. The van der Waals surface area contributed by atoms with Gasteiger partial charge in [0.25, 0.3) is 5.91 Å². The van der Waals surface area contributed by atoms with Gasteiger partial charge in [0.05, 0.1) is 21.8 Å². The highest BCUT2D eigenvalue weighted by Crippen LogP contribution is 2.29. The van der Waals surface area contributed by atoms with E-state index >= 15 is 0 Å². The minimum absolute atomic E-state index is 0.119. The standard InChI is InChI=1S/C13H16Cl2N2O2/c1-17(7-9-3-2-4-19-9)13(18)8-5-10(14)12(16)11(15)6-8/h5-6,9H,2-4,7,16H2,1H3. The number of likely N-dealkylation sites (N-methyl/N-ethyl adjacent to an activating group) is 1. The molecule has 1 amide bonds. The quantitative estimate of drug-likeness (QED) is 0.874. The molecular formula is C13H16Cl2N2O2. The van der Waals surface area contributed by atoms with Crippen molar-refractivity contribution >= 4 is 34.8 Å². The summed E-state index contributed by atoms with van der Waals surface area (Å²) in [6.45, 7) is 1.34. The van der Waals surface area contributed by atoms with Gasteiger partial charge in [-0.25, -0.2) is 0 Å². The van der Waals surface area contributed by atoms with Crippen LogP contribution in [0.1, 0.15) is 23.2 Å². The van der Waals surface area contributed by atoms with E-state index in [4.69, 9.17) is 33.7 Å². The Hall–Kier alpha value is -0.970. The summed E-state index contributed by atoms with van der Waals surface area (Å²) in [7, 11) is 1.74. The lowest BCUT2D eigenvalue weighted by atomic mass is 10.1. The van der Waals surface area contributed by atoms with E-state index in [0.29, 0.717) is 27.8 Å². The molecule has 2 rings (SSSR count). The van der Waals surface area contributed by atoms with Gasteiger partial charge in [-0.3, -0.25) is 4.79 Å². The maximum atomic E-state index is 12.3. The Balaban J connectivity index is 2.10. The fourth-order valence-electron chi connectivity index (χ4n) is 2.10. The van der Waals surface area contributed by atoms with E-state index in [9.17, 15) is 4.79 Å². The highest BCUT2D eigenvalue weighted by atomic mass is 35.5. The van der Waals surface area contributed by atoms with Gasteiger partial charge in [0.15, 0.2) is 0 Å². The van der Waals surface area contributed by atoms with Gasteiger partial charge in [0, 0.05) is 25.8 Å². The molecule has 0 saturated carbocycles. The molecule has 2 N–H and O–H groups in total. The third-order valence-electron chi connectivity index (χ3n) is 3.17. The van der Waals surface area contributed by atoms with Crippen LogP contribution in [0.3, 0.4) is 0 Å². The first-order valence-corrected chi connectivity index (χ1v) is 6.86. The van der Waals surface area contributed by atoms with Gasteiger partial charge in [0.2, 0.25) is 0 Å². The number of hydrogen-bond acceptors (Lipinski definition) is 3. The molecule has 4 nitrogen and oxygen atoms in total. The van der Waals surface area contributed by atoms with Crippen LogP contribution in [-0.2, 0) is 4.74 Å². The van der Waals surface area contributed by atoms with Crippen molar-refractivity contribution in [1.29, 1.82) is 0 Å². The van der Waals surface area contributed by atoms with E-state index in [1.54, 1.807) is 11.9 Å². The Morgan fingerprint density at radius 1 is 1.47 bits per heavy atom. The van der Waals surface area contributed by atoms with Gasteiger partial charge < -0.3 is 15.4 Å². The van der Waals surface area contributed by atoms with Crippen LogP contribution in [0.4, 0.5) is 5.69 Å². The van der Waals surface area contributed by atoms with Crippen LogP contribution in [0, 0.1) is 0 Å². The highest BCUT2D eigenvalue weighted by Gasteiger charge is 2.21. The number of halogens is 2.